The Labute approximate surface area is 176 Å². The summed E-state index contributed by atoms with van der Waals surface area (Å²) in [4.78, 5) is 24.3. The minimum atomic E-state index is -0.554. The Kier molecular flexibility index (Phi) is 8.18. The summed E-state index contributed by atoms with van der Waals surface area (Å²) in [5.41, 5.74) is 0.684. The van der Waals surface area contributed by atoms with E-state index in [4.69, 9.17) is 18.9 Å². The molecule has 9 heteroatoms. The van der Waals surface area contributed by atoms with Crippen LogP contribution in [0, 0.1) is 0 Å². The van der Waals surface area contributed by atoms with Crippen molar-refractivity contribution >= 4 is 24.2 Å². The van der Waals surface area contributed by atoms with E-state index in [9.17, 15) is 9.59 Å². The van der Waals surface area contributed by atoms with Gasteiger partial charge >= 0.3 is 12.1 Å². The molecular weight excluding hydrogens is 396 g/mol. The fraction of sp³-hybridized carbons (Fsp3) is 0.600. The van der Waals surface area contributed by atoms with Gasteiger partial charge in [0.15, 0.2) is 11.5 Å². The molecule has 1 aliphatic rings. The molecule has 1 heterocycles. The van der Waals surface area contributed by atoms with Crippen LogP contribution < -0.4 is 9.47 Å². The maximum atomic E-state index is 12.6. The molecule has 2 rings (SSSR count). The number of nitrogens with zero attached hydrogens (tertiary/aromatic N) is 2. The van der Waals surface area contributed by atoms with Gasteiger partial charge in [0.05, 0.1) is 13.0 Å². The molecule has 0 aromatic heterocycles. The summed E-state index contributed by atoms with van der Waals surface area (Å²) in [6.07, 6.45) is 0.0635. The molecule has 162 valence electrons. The molecule has 1 amide bonds. The van der Waals surface area contributed by atoms with Gasteiger partial charge in [-0.15, -0.1) is 0 Å². The number of benzene rings is 1. The lowest BCUT2D eigenvalue weighted by molar-refractivity contribution is -0.143. The van der Waals surface area contributed by atoms with Gasteiger partial charge in [0.1, 0.15) is 11.8 Å². The molecule has 1 atom stereocenters. The molecule has 0 spiro atoms. The maximum Gasteiger partial charge on any atom is 0.426 e. The van der Waals surface area contributed by atoms with Crippen LogP contribution in [0.3, 0.4) is 0 Å². The molecule has 1 aromatic carbocycles. The first-order valence-corrected chi connectivity index (χ1v) is 10.3. The van der Waals surface area contributed by atoms with Crippen molar-refractivity contribution in [3.63, 3.8) is 0 Å². The van der Waals surface area contributed by atoms with Gasteiger partial charge in [0.2, 0.25) is 0 Å². The summed E-state index contributed by atoms with van der Waals surface area (Å²) in [6.45, 7) is 8.27. The van der Waals surface area contributed by atoms with E-state index in [1.54, 1.807) is 31.5 Å². The second-order valence-corrected chi connectivity index (χ2v) is 8.44. The molecule has 0 fully saturated rings. The van der Waals surface area contributed by atoms with Gasteiger partial charge in [-0.05, 0) is 33.8 Å². The molecule has 0 saturated carbocycles. The van der Waals surface area contributed by atoms with Crippen LogP contribution in [0.5, 0.6) is 11.5 Å². The van der Waals surface area contributed by atoms with E-state index in [0.717, 1.165) is 24.1 Å². The fourth-order valence-corrected chi connectivity index (χ4v) is 3.67. The summed E-state index contributed by atoms with van der Waals surface area (Å²) in [6, 6.07) is 5.53. The molecular formula is C20H30N2O6S. The first kappa shape index (κ1) is 23.3. The summed E-state index contributed by atoms with van der Waals surface area (Å²) < 4.78 is 24.9. The molecule has 1 aromatic rings. The van der Waals surface area contributed by atoms with E-state index in [0.29, 0.717) is 24.7 Å². The molecule has 0 saturated heterocycles. The maximum absolute atomic E-state index is 12.6. The predicted octanol–water partition coefficient (Wildman–Crippen LogP) is 3.64. The van der Waals surface area contributed by atoms with Crippen LogP contribution in [-0.4, -0.2) is 59.8 Å². The Bertz CT molecular complexity index is 727. The smallest absolute Gasteiger partial charge is 0.426 e. The monoisotopic (exact) mass is 426 g/mol. The van der Waals surface area contributed by atoms with E-state index in [1.807, 2.05) is 32.9 Å². The number of rotatable bonds is 9. The number of esters is 1. The van der Waals surface area contributed by atoms with E-state index in [-0.39, 0.29) is 24.2 Å². The van der Waals surface area contributed by atoms with Crippen molar-refractivity contribution in [2.45, 2.75) is 52.4 Å². The Morgan fingerprint density at radius 2 is 2.07 bits per heavy atom. The van der Waals surface area contributed by atoms with Crippen molar-refractivity contribution in [2.75, 3.05) is 27.3 Å². The quantitative estimate of drug-likeness (QED) is 0.336. The van der Waals surface area contributed by atoms with Gasteiger partial charge in [-0.25, -0.2) is 13.4 Å². The van der Waals surface area contributed by atoms with E-state index >= 15 is 0 Å². The summed E-state index contributed by atoms with van der Waals surface area (Å²) >= 11 is 1.12. The number of amides is 1. The lowest BCUT2D eigenvalue weighted by Crippen LogP contribution is -2.36. The minimum absolute atomic E-state index is 0.187. The highest BCUT2D eigenvalue weighted by Gasteiger charge is 2.33. The number of hydrogen-bond donors (Lipinski definition) is 0. The number of ether oxygens (including phenoxy) is 4. The van der Waals surface area contributed by atoms with Crippen molar-refractivity contribution in [1.29, 1.82) is 0 Å². The second kappa shape index (κ2) is 10.2. The molecule has 0 bridgehead atoms. The third kappa shape index (κ3) is 6.52. The first-order chi connectivity index (χ1) is 13.7. The van der Waals surface area contributed by atoms with Crippen LogP contribution in [-0.2, 0) is 20.7 Å². The topological polar surface area (TPSA) is 77.5 Å². The molecule has 8 nitrogen and oxygen atoms in total. The van der Waals surface area contributed by atoms with Crippen LogP contribution in [0.25, 0.3) is 0 Å². The zero-order valence-electron chi connectivity index (χ0n) is 17.9. The number of carbonyl (C=O) groups excluding carboxylic acids is 2. The van der Waals surface area contributed by atoms with Gasteiger partial charge < -0.3 is 18.9 Å². The fourth-order valence-electron chi connectivity index (χ4n) is 2.86. The van der Waals surface area contributed by atoms with Gasteiger partial charge in [-0.3, -0.25) is 4.79 Å². The van der Waals surface area contributed by atoms with Crippen molar-refractivity contribution in [3.05, 3.63) is 23.8 Å². The molecule has 0 radical (unpaired) electrons. The summed E-state index contributed by atoms with van der Waals surface area (Å²) in [5, 5.41) is 0. The number of carbonyl (C=O) groups is 2. The summed E-state index contributed by atoms with van der Waals surface area (Å²) in [5.74, 6) is 0.698. The van der Waals surface area contributed by atoms with Crippen LogP contribution in [0.1, 0.15) is 39.7 Å². The van der Waals surface area contributed by atoms with Gasteiger partial charge in [0, 0.05) is 44.8 Å². The molecule has 1 unspecified atom stereocenters. The lowest BCUT2D eigenvalue weighted by Gasteiger charge is -2.29. The zero-order chi connectivity index (χ0) is 21.6. The highest BCUT2D eigenvalue weighted by atomic mass is 32.2. The molecule has 29 heavy (non-hydrogen) atoms. The lowest BCUT2D eigenvalue weighted by atomic mass is 10.0. The Morgan fingerprint density at radius 1 is 1.34 bits per heavy atom. The SMILES string of the molecule is CCOC(=O)CCN(SN(C)C(=O)Oc1cccc2c1OC(C)(C)C2)C(C)OC. The highest BCUT2D eigenvalue weighted by molar-refractivity contribution is 7.95. The first-order valence-electron chi connectivity index (χ1n) is 9.56. The van der Waals surface area contributed by atoms with Crippen molar-refractivity contribution < 1.29 is 28.5 Å². The number of hydrogen-bond acceptors (Lipinski definition) is 8. The molecule has 0 N–H and O–H groups in total. The van der Waals surface area contributed by atoms with E-state index in [1.165, 1.54) is 4.31 Å². The Hall–Kier alpha value is -1.97. The minimum Gasteiger partial charge on any atom is -0.483 e. The standard InChI is InChI=1S/C20H30N2O6S/c1-7-26-17(23)11-12-22(14(2)25-6)29-21(5)19(24)27-16-10-8-9-15-13-20(3,4)28-18(15)16/h8-10,14H,7,11-13H2,1-6H3. The number of para-hydroxylation sites is 1. The van der Waals surface area contributed by atoms with E-state index in [2.05, 4.69) is 0 Å². The average molecular weight is 427 g/mol. The molecule has 1 aliphatic heterocycles. The third-order valence-corrected chi connectivity index (χ3v) is 5.41. The van der Waals surface area contributed by atoms with Crippen molar-refractivity contribution in [3.8, 4) is 11.5 Å². The molecule has 0 aliphatic carbocycles. The van der Waals surface area contributed by atoms with Gasteiger partial charge in [-0.2, -0.15) is 0 Å². The van der Waals surface area contributed by atoms with E-state index < -0.39 is 6.09 Å². The average Bonchev–Trinajstić information content (AvgIpc) is 2.99. The number of methoxy groups -OCH3 is 1. The van der Waals surface area contributed by atoms with Crippen molar-refractivity contribution in [1.82, 2.24) is 8.61 Å². The van der Waals surface area contributed by atoms with Crippen LogP contribution in [0.2, 0.25) is 0 Å². The highest BCUT2D eigenvalue weighted by Crippen LogP contribution is 2.42. The van der Waals surface area contributed by atoms with Gasteiger partial charge in [0.25, 0.3) is 0 Å². The van der Waals surface area contributed by atoms with Gasteiger partial charge in [-0.1, -0.05) is 12.1 Å². The summed E-state index contributed by atoms with van der Waals surface area (Å²) in [7, 11) is 3.16. The zero-order valence-corrected chi connectivity index (χ0v) is 18.7. The Balaban J connectivity index is 2.00. The Morgan fingerprint density at radius 3 is 2.72 bits per heavy atom. The number of fused-ring (bicyclic) bond motifs is 1. The van der Waals surface area contributed by atoms with Crippen molar-refractivity contribution in [2.24, 2.45) is 0 Å². The largest absolute Gasteiger partial charge is 0.483 e. The van der Waals surface area contributed by atoms with Crippen LogP contribution >= 0.6 is 12.1 Å². The van der Waals surface area contributed by atoms with Crippen LogP contribution in [0.4, 0.5) is 4.79 Å². The predicted molar refractivity (Wildman–Crippen MR) is 111 cm³/mol. The van der Waals surface area contributed by atoms with Crippen LogP contribution in [0.15, 0.2) is 18.2 Å². The third-order valence-electron chi connectivity index (χ3n) is 4.33. The normalized spacial score (nSPS) is 15.4. The second-order valence-electron chi connectivity index (χ2n) is 7.26.